The van der Waals surface area contributed by atoms with Gasteiger partial charge in [0, 0.05) is 141 Å². The molecule has 7 aromatic carbocycles. The fraction of sp³-hybridized carbons (Fsp3) is 0.558. The Hall–Kier alpha value is -9.09. The fourth-order valence-corrected chi connectivity index (χ4v) is 18.7. The number of nitrogens with zero attached hydrogens (tertiary/aromatic N) is 8. The molecule has 2 aliphatic carbocycles. The van der Waals surface area contributed by atoms with Gasteiger partial charge in [0.2, 0.25) is 11.8 Å². The molecule has 0 aromatic heterocycles. The number of epoxide rings is 1. The first-order valence-corrected chi connectivity index (χ1v) is 54.5. The van der Waals surface area contributed by atoms with Crippen molar-refractivity contribution < 1.29 is 77.1 Å². The van der Waals surface area contributed by atoms with Crippen molar-refractivity contribution in [2.45, 2.75) is 312 Å². The number of likely N-dealkylation sites (tertiary alicyclic amines) is 4. The minimum atomic E-state index is -0.871. The Balaban J connectivity index is 0. The van der Waals surface area contributed by atoms with E-state index in [-0.39, 0.29) is 110 Å². The van der Waals surface area contributed by atoms with E-state index in [0.29, 0.717) is 84.9 Å². The van der Waals surface area contributed by atoms with Gasteiger partial charge in [0.05, 0.1) is 54.3 Å². The number of aliphatic hydroxyl groups is 2. The summed E-state index contributed by atoms with van der Waals surface area (Å²) >= 11 is 11.1. The number of aliphatic hydroxyl groups excluding tert-OH is 2. The van der Waals surface area contributed by atoms with Crippen molar-refractivity contribution in [1.82, 2.24) is 24.5 Å². The number of β-amino-alcohol motifs (C(OH)–C–C–N with tert-alkyl or cyclic N) is 1. The number of nitrogens with one attached hydrogen (secondary N) is 2. The second kappa shape index (κ2) is 76.4. The van der Waals surface area contributed by atoms with Gasteiger partial charge < -0.3 is 61.0 Å². The second-order valence-electron chi connectivity index (χ2n) is 36.9. The Morgan fingerprint density at radius 2 is 0.849 bits per heavy atom. The number of piperidine rings is 4. The Kier molecular flexibility index (Phi) is 71.7. The van der Waals surface area contributed by atoms with Gasteiger partial charge in [-0.25, -0.2) is 22.8 Å². The van der Waals surface area contributed by atoms with E-state index in [4.69, 9.17) is 47.8 Å². The minimum Gasteiger partial charge on any atom is -1.00 e. The van der Waals surface area contributed by atoms with Gasteiger partial charge in [-0.05, 0) is 215 Å². The van der Waals surface area contributed by atoms with Gasteiger partial charge in [0.1, 0.15) is 28.7 Å². The fourth-order valence-electron chi connectivity index (χ4n) is 18.3. The number of carbonyl (C=O) groups is 4. The van der Waals surface area contributed by atoms with Crippen LogP contribution in [0, 0.1) is 63.3 Å². The van der Waals surface area contributed by atoms with Crippen molar-refractivity contribution in [3.63, 3.8) is 0 Å². The molecule has 4 amide bonds. The molecule has 7 heterocycles. The molecule has 0 bridgehead atoms. The van der Waals surface area contributed by atoms with Crippen molar-refractivity contribution in [2.24, 2.45) is 11.8 Å². The van der Waals surface area contributed by atoms with Crippen molar-refractivity contribution in [3.05, 3.63) is 251 Å². The molecule has 7 aromatic rings. The summed E-state index contributed by atoms with van der Waals surface area (Å²) in [5.41, 5.74) is 7.61. The number of hydrogen-bond donors (Lipinski definition) is 4. The Morgan fingerprint density at radius 3 is 1.23 bits per heavy atom. The van der Waals surface area contributed by atoms with Crippen LogP contribution in [0.1, 0.15) is 301 Å². The van der Waals surface area contributed by atoms with E-state index in [0.717, 1.165) is 141 Å². The van der Waals surface area contributed by atoms with Crippen molar-refractivity contribution in [1.29, 1.82) is 15.8 Å². The van der Waals surface area contributed by atoms with Gasteiger partial charge in [0.25, 0.3) is 0 Å². The summed E-state index contributed by atoms with van der Waals surface area (Å²) in [5, 5.41) is 52.8. The zero-order valence-corrected chi connectivity index (χ0v) is 93.6. The van der Waals surface area contributed by atoms with Crippen LogP contribution in [0.15, 0.2) is 194 Å². The summed E-state index contributed by atoms with van der Waals surface area (Å²) in [6.45, 7) is 51.7. The third-order valence-corrected chi connectivity index (χ3v) is 26.0. The number of ether oxygens (including phenoxy) is 3. The molecule has 16 rings (SSSR count). The molecule has 2 saturated carbocycles. The smallest absolute Gasteiger partial charge is 1.00 e. The Labute approximate surface area is 912 Å². The molecule has 4 N–H and O–H groups in total. The maximum Gasteiger partial charge on any atom is 1.00 e. The zero-order valence-electron chi connectivity index (χ0n) is 93.1. The number of carbonyl (C=O) groups excluding carboxylic acids is 4. The molecule has 804 valence electrons. The van der Waals surface area contributed by atoms with Crippen LogP contribution in [0.2, 0.25) is 0 Å². The van der Waals surface area contributed by atoms with Crippen LogP contribution < -0.4 is 29.5 Å². The first-order chi connectivity index (χ1) is 69.6. The zero-order chi connectivity index (χ0) is 108. The number of amides is 4. The Morgan fingerprint density at radius 1 is 0.493 bits per heavy atom. The molecular weight excluding hydrogens is 1890 g/mol. The number of alkyl halides is 2. The predicted octanol–water partition coefficient (Wildman–Crippen LogP) is 24.3. The summed E-state index contributed by atoms with van der Waals surface area (Å²) < 4.78 is 56.2. The molecule has 26 heteroatoms. The first kappa shape index (κ1) is 137. The topological polar surface area (TPSA) is 251 Å². The van der Waals surface area contributed by atoms with Crippen LogP contribution >= 0.6 is 23.2 Å². The molecule has 0 radical (unpaired) electrons. The predicted molar refractivity (Wildman–Crippen MR) is 603 cm³/mol. The standard InChI is InChI=1S/C28H35N3O2.C17H21FN2O2.C16H19NO2.C13H14FN.C13H17N.C9H17Cl2NO2.C8H6FN.C2H6O.7C2H6.Al.Li.4H/c32-26(20-30-18-14-28(15-19-30)21-29-25-9-5-4-8-24(25)28)23-12-16-31(17-13-23)27(33)11-10-22-6-2-1-3-7-22;1-16(2,3)22-15(21)20-10-8-17(12-19,9-11-20)13-6-4-5-7-14(13)18;18-16(7-6-13-4-2-1-3-5-13)17-10-8-14(9-11-17)15-12-19-15;14-12-7-3-2-6-11(12)13(10-15)8-4-1-5-9-13;1-4-8-13(9-5-1)10-14-12-7-3-2-6-11(12)13;1-9(2,3)14-8(13)12(6-4-10)7-5-11;9-8-4-2-1-3-7(8)5-6-10;1-2-3;7*1-2;;;;;;/h1-11,23,26,29,32H,12-21H2;4-7H,8-11H2,1-3H3;1-7,14-15H,8-12H2;2-3,6-7H,1,4-5,8-9H2;2-3,6-7,14H,1,4-5,8-10H2;4-7H2,1-3H3;1-4H,5H2;3H,2H2,1H3;7*1-2H3;;;;;;/q;;;;;;;;;;;;;;;;+1;;;;-1/b11-10+;;7-6+;;;;;;;;;;;;;;;;;;. The maximum absolute atomic E-state index is 14.0. The van der Waals surface area contributed by atoms with Gasteiger partial charge >= 0.3 is 31.0 Å². The molecule has 2 atom stereocenters. The van der Waals surface area contributed by atoms with E-state index in [1.54, 1.807) is 78.1 Å². The van der Waals surface area contributed by atoms with Gasteiger partial charge in [-0.15, -0.1) is 23.2 Å². The minimum absolute atomic E-state index is 0. The monoisotopic (exact) mass is 2070 g/mol. The third kappa shape index (κ3) is 46.6. The molecule has 7 aliphatic heterocycles. The van der Waals surface area contributed by atoms with Gasteiger partial charge in [0.15, 0.2) is 17.4 Å². The summed E-state index contributed by atoms with van der Waals surface area (Å²) in [5.74, 6) is 1.00. The number of benzene rings is 7. The molecule has 19 nitrogen and oxygen atoms in total. The average molecular weight is 2070 g/mol. The number of rotatable bonds is 15. The molecule has 9 aliphatic rings. The van der Waals surface area contributed by atoms with Crippen molar-refractivity contribution in [3.8, 4) is 18.2 Å². The van der Waals surface area contributed by atoms with Gasteiger partial charge in [-0.1, -0.05) is 287 Å². The van der Waals surface area contributed by atoms with E-state index >= 15 is 0 Å². The Bertz CT molecular complexity index is 4860. The molecular formula is C120H181AlCl2F3LiN10O9. The molecule has 2 spiro atoms. The quantitative estimate of drug-likeness (QED) is 0.0322. The summed E-state index contributed by atoms with van der Waals surface area (Å²) in [4.78, 5) is 57.6. The van der Waals surface area contributed by atoms with E-state index in [9.17, 15) is 48.0 Å². The van der Waals surface area contributed by atoms with Crippen LogP contribution in [0.4, 0.5) is 34.1 Å². The van der Waals surface area contributed by atoms with E-state index < -0.39 is 22.0 Å². The maximum atomic E-state index is 14.0. The molecule has 146 heavy (non-hydrogen) atoms. The van der Waals surface area contributed by atoms with Gasteiger partial charge in [-0.2, -0.15) is 15.8 Å². The first-order valence-electron chi connectivity index (χ1n) is 53.4. The summed E-state index contributed by atoms with van der Waals surface area (Å²) in [6, 6.07) is 63.3. The number of fused-ring (bicyclic) bond motifs is 4. The normalized spacial score (nSPS) is 17.0. The van der Waals surface area contributed by atoms with Crippen LogP contribution in [0.3, 0.4) is 0 Å². The van der Waals surface area contributed by atoms with Crippen molar-refractivity contribution >= 4 is 88.1 Å². The van der Waals surface area contributed by atoms with Gasteiger partial charge in [-0.3, -0.25) is 9.59 Å². The van der Waals surface area contributed by atoms with E-state index in [1.807, 2.05) is 233 Å². The van der Waals surface area contributed by atoms with Crippen molar-refractivity contribution in [2.75, 3.05) is 121 Å². The number of nitriles is 3. The SMILES string of the molecule is CC.CC.CC.CC.CC.CC.CC.CC(C)(C)OC(=O)N(CCCl)CCCl.CC(C)(C)OC(=O)N1CCC(C#N)(c2ccccc2F)CC1.CCO.N#CC1(c2ccccc2F)CCCCC1.N#CCc1ccccc1F.O=C(/C=C/c1ccccc1)N1CCC(C(O)CN2CCC3(CC2)CNc2ccccc23)CC1.O=C(/C=C/c1ccccc1)N1CCC(C2CO2)CC1.[AlH3].[H-].[Li+].c1ccc2c(c1)NCC21CCCCC1. The summed E-state index contributed by atoms with van der Waals surface area (Å²) in [6.07, 6.45) is 25.6. The largest absolute Gasteiger partial charge is 1.00 e. The summed E-state index contributed by atoms with van der Waals surface area (Å²) in [7, 11) is 0. The van der Waals surface area contributed by atoms with Crippen LogP contribution in [-0.2, 0) is 51.9 Å². The third-order valence-electron chi connectivity index (χ3n) is 25.6. The number of para-hydroxylation sites is 2. The van der Waals surface area contributed by atoms with E-state index in [1.165, 1.54) is 78.7 Å². The number of anilines is 2. The second-order valence-corrected chi connectivity index (χ2v) is 37.7. The van der Waals surface area contributed by atoms with E-state index in [2.05, 4.69) is 76.2 Å². The average Bonchev–Trinajstić information content (AvgIpc) is 1.45. The van der Waals surface area contributed by atoms with Crippen LogP contribution in [0.25, 0.3) is 12.2 Å². The number of hydrogen-bond acceptors (Lipinski definition) is 15. The molecule has 2 unspecified atom stereocenters. The number of halogens is 5. The molecule has 5 saturated heterocycles. The van der Waals surface area contributed by atoms with Crippen LogP contribution in [-0.4, -0.2) is 210 Å². The van der Waals surface area contributed by atoms with Crippen LogP contribution in [0.5, 0.6) is 0 Å². The molecule has 7 fully saturated rings.